The Hall–Kier alpha value is -2.80. The highest BCUT2D eigenvalue weighted by Gasteiger charge is 2.43. The number of benzene rings is 1. The number of fused-ring (bicyclic) bond motifs is 7. The molecule has 24 heavy (non-hydrogen) atoms. The van der Waals surface area contributed by atoms with Crippen LogP contribution in [0.3, 0.4) is 0 Å². The van der Waals surface area contributed by atoms with Crippen molar-refractivity contribution in [3.63, 3.8) is 0 Å². The number of rotatable bonds is 1. The molecular weight excluding hydrogens is 316 g/mol. The Bertz CT molecular complexity index is 1000. The van der Waals surface area contributed by atoms with Gasteiger partial charge in [0.05, 0.1) is 30.2 Å². The summed E-state index contributed by atoms with van der Waals surface area (Å²) in [5.74, 6) is 0.138. The zero-order chi connectivity index (χ0) is 16.6. The van der Waals surface area contributed by atoms with Gasteiger partial charge in [0, 0.05) is 12.5 Å². The van der Waals surface area contributed by atoms with Crippen LogP contribution in [0.4, 0.5) is 0 Å². The molecule has 1 aromatic heterocycles. The fraction of sp³-hybridized carbons (Fsp3) is 0.294. The van der Waals surface area contributed by atoms with Crippen molar-refractivity contribution in [3.05, 3.63) is 45.5 Å². The van der Waals surface area contributed by atoms with Crippen LogP contribution in [0.25, 0.3) is 11.0 Å². The summed E-state index contributed by atoms with van der Waals surface area (Å²) in [4.78, 5) is 24.4. The summed E-state index contributed by atoms with van der Waals surface area (Å²) in [6, 6.07) is 1.70. The summed E-state index contributed by atoms with van der Waals surface area (Å²) >= 11 is 0. The van der Waals surface area contributed by atoms with Crippen LogP contribution >= 0.6 is 0 Å². The Morgan fingerprint density at radius 2 is 2.17 bits per heavy atom. The summed E-state index contributed by atoms with van der Waals surface area (Å²) in [5, 5.41) is 10.4. The molecule has 122 valence electrons. The molecule has 3 heterocycles. The molecular formula is C17H12O7. The average Bonchev–Trinajstić information content (AvgIpc) is 3.20. The molecule has 0 saturated heterocycles. The Morgan fingerprint density at radius 1 is 1.33 bits per heavy atom. The SMILES string of the molecule is COc1cc2c(c3oc(=O)c4c(c13)CC(O)C4=O)[C@@H]1C=CO[C@@H]1O2. The second-order valence-electron chi connectivity index (χ2n) is 6.00. The van der Waals surface area contributed by atoms with Crippen LogP contribution in [0.2, 0.25) is 0 Å². The van der Waals surface area contributed by atoms with E-state index in [0.29, 0.717) is 33.6 Å². The molecule has 1 unspecified atom stereocenters. The second-order valence-corrected chi connectivity index (χ2v) is 6.00. The van der Waals surface area contributed by atoms with Gasteiger partial charge in [0.15, 0.2) is 5.78 Å². The highest BCUT2D eigenvalue weighted by Crippen LogP contribution is 2.50. The van der Waals surface area contributed by atoms with E-state index < -0.39 is 23.8 Å². The number of hydrogen-bond donors (Lipinski definition) is 1. The number of aliphatic hydroxyl groups is 1. The molecule has 3 aliphatic rings. The van der Waals surface area contributed by atoms with E-state index >= 15 is 0 Å². The van der Waals surface area contributed by atoms with Crippen LogP contribution in [0.15, 0.2) is 27.6 Å². The van der Waals surface area contributed by atoms with Gasteiger partial charge in [0.2, 0.25) is 0 Å². The van der Waals surface area contributed by atoms with Crippen molar-refractivity contribution in [2.24, 2.45) is 0 Å². The van der Waals surface area contributed by atoms with E-state index in [1.165, 1.54) is 7.11 Å². The molecule has 3 atom stereocenters. The van der Waals surface area contributed by atoms with E-state index in [2.05, 4.69) is 0 Å². The number of ketones is 1. The average molecular weight is 328 g/mol. The van der Waals surface area contributed by atoms with Crippen LogP contribution in [-0.2, 0) is 11.2 Å². The van der Waals surface area contributed by atoms with Gasteiger partial charge in [-0.15, -0.1) is 0 Å². The first kappa shape index (κ1) is 13.6. The predicted molar refractivity (Wildman–Crippen MR) is 80.5 cm³/mol. The molecule has 2 aromatic rings. The zero-order valence-corrected chi connectivity index (χ0v) is 12.6. The molecule has 7 heteroatoms. The molecule has 0 saturated carbocycles. The molecule has 0 radical (unpaired) electrons. The number of hydrogen-bond acceptors (Lipinski definition) is 7. The normalized spacial score (nSPS) is 26.1. The van der Waals surface area contributed by atoms with Gasteiger partial charge in [-0.3, -0.25) is 4.79 Å². The Morgan fingerprint density at radius 3 is 2.96 bits per heavy atom. The van der Waals surface area contributed by atoms with Crippen LogP contribution in [0.5, 0.6) is 11.5 Å². The molecule has 5 rings (SSSR count). The van der Waals surface area contributed by atoms with Gasteiger partial charge in [-0.05, 0) is 11.6 Å². The van der Waals surface area contributed by atoms with E-state index in [0.717, 1.165) is 0 Å². The lowest BCUT2D eigenvalue weighted by atomic mass is 9.95. The largest absolute Gasteiger partial charge is 0.496 e. The Balaban J connectivity index is 1.93. The third-order valence-corrected chi connectivity index (χ3v) is 4.78. The molecule has 0 spiro atoms. The summed E-state index contributed by atoms with van der Waals surface area (Å²) < 4.78 is 22.0. The fourth-order valence-corrected chi connectivity index (χ4v) is 3.73. The number of Topliss-reactive ketones (excluding diaryl/α,β-unsaturated/α-hetero) is 1. The second kappa shape index (κ2) is 4.39. The van der Waals surface area contributed by atoms with Crippen LogP contribution < -0.4 is 15.1 Å². The van der Waals surface area contributed by atoms with Gasteiger partial charge in [-0.25, -0.2) is 4.79 Å². The van der Waals surface area contributed by atoms with Gasteiger partial charge in [0.1, 0.15) is 28.7 Å². The lowest BCUT2D eigenvalue weighted by molar-refractivity contribution is -0.00485. The zero-order valence-electron chi connectivity index (χ0n) is 12.6. The van der Waals surface area contributed by atoms with Gasteiger partial charge in [-0.1, -0.05) is 0 Å². The van der Waals surface area contributed by atoms with Crippen molar-refractivity contribution in [2.75, 3.05) is 7.11 Å². The lowest BCUT2D eigenvalue weighted by Gasteiger charge is -2.12. The topological polar surface area (TPSA) is 95.2 Å². The number of carbonyl (C=O) groups excluding carboxylic acids is 1. The number of aliphatic hydroxyl groups excluding tert-OH is 1. The molecule has 1 aliphatic carbocycles. The van der Waals surface area contributed by atoms with Gasteiger partial charge >= 0.3 is 5.63 Å². The third-order valence-electron chi connectivity index (χ3n) is 4.78. The maximum atomic E-state index is 12.3. The summed E-state index contributed by atoms with van der Waals surface area (Å²) in [6.45, 7) is 0. The number of carbonyl (C=O) groups is 1. The van der Waals surface area contributed by atoms with E-state index in [1.54, 1.807) is 12.3 Å². The highest BCUT2D eigenvalue weighted by molar-refractivity contribution is 6.08. The van der Waals surface area contributed by atoms with Gasteiger partial charge in [0.25, 0.3) is 6.29 Å². The van der Waals surface area contributed by atoms with Crippen molar-refractivity contribution in [3.8, 4) is 11.5 Å². The van der Waals surface area contributed by atoms with Crippen LogP contribution in [0, 0.1) is 0 Å². The Labute approximate surface area is 135 Å². The smallest absolute Gasteiger partial charge is 0.347 e. The summed E-state index contributed by atoms with van der Waals surface area (Å²) in [7, 11) is 1.48. The monoisotopic (exact) mass is 328 g/mol. The molecule has 0 amide bonds. The first-order valence-corrected chi connectivity index (χ1v) is 7.51. The molecule has 0 fully saturated rings. The maximum Gasteiger partial charge on any atom is 0.347 e. The minimum Gasteiger partial charge on any atom is -0.496 e. The lowest BCUT2D eigenvalue weighted by Crippen LogP contribution is -2.19. The molecule has 2 aliphatic heterocycles. The quantitative estimate of drug-likeness (QED) is 0.787. The summed E-state index contributed by atoms with van der Waals surface area (Å²) in [6.07, 6.45) is 1.71. The molecule has 1 aromatic carbocycles. The van der Waals surface area contributed by atoms with E-state index in [-0.39, 0.29) is 17.9 Å². The maximum absolute atomic E-state index is 12.3. The highest BCUT2D eigenvalue weighted by atomic mass is 16.7. The standard InChI is InChI=1S/C17H12O7/c1-21-9-5-10-11(6-2-3-22-17(6)23-10)15-12(9)7-4-8(18)14(19)13(7)16(20)24-15/h2-3,5-6,8,17-18H,4H2,1H3/t6-,8?,17+/m0/s1. The number of ether oxygens (including phenoxy) is 3. The van der Waals surface area contributed by atoms with Gasteiger partial charge in [-0.2, -0.15) is 0 Å². The van der Waals surface area contributed by atoms with Crippen molar-refractivity contribution in [1.82, 2.24) is 0 Å². The minimum atomic E-state index is -1.23. The van der Waals surface area contributed by atoms with E-state index in [4.69, 9.17) is 18.6 Å². The van der Waals surface area contributed by atoms with E-state index in [1.807, 2.05) is 6.08 Å². The molecule has 0 bridgehead atoms. The Kier molecular flexibility index (Phi) is 2.49. The van der Waals surface area contributed by atoms with Gasteiger partial charge < -0.3 is 23.7 Å². The van der Waals surface area contributed by atoms with Crippen molar-refractivity contribution in [2.45, 2.75) is 24.7 Å². The van der Waals surface area contributed by atoms with Crippen molar-refractivity contribution < 1.29 is 28.5 Å². The first-order valence-electron chi connectivity index (χ1n) is 7.51. The van der Waals surface area contributed by atoms with Crippen LogP contribution in [0.1, 0.15) is 27.4 Å². The first-order chi connectivity index (χ1) is 11.6. The van der Waals surface area contributed by atoms with E-state index in [9.17, 15) is 14.7 Å². The molecule has 1 N–H and O–H groups in total. The predicted octanol–water partition coefficient (Wildman–Crippen LogP) is 1.25. The van der Waals surface area contributed by atoms with Crippen molar-refractivity contribution >= 4 is 16.8 Å². The van der Waals surface area contributed by atoms with Crippen LogP contribution in [-0.4, -0.2) is 30.4 Å². The van der Waals surface area contributed by atoms with Crippen molar-refractivity contribution in [1.29, 1.82) is 0 Å². The fourth-order valence-electron chi connectivity index (χ4n) is 3.73. The minimum absolute atomic E-state index is 0.0622. The molecule has 7 nitrogen and oxygen atoms in total. The third kappa shape index (κ3) is 1.50. The number of methoxy groups -OCH3 is 1. The summed E-state index contributed by atoms with van der Waals surface area (Å²) in [5.41, 5.74) is 0.628.